The summed E-state index contributed by atoms with van der Waals surface area (Å²) < 4.78 is 25.6. The van der Waals surface area contributed by atoms with Crippen molar-refractivity contribution in [1.82, 2.24) is 9.78 Å². The number of amides is 1. The van der Waals surface area contributed by atoms with E-state index in [4.69, 9.17) is 0 Å². The number of carbonyl (C=O) groups excluding carboxylic acids is 2. The minimum atomic E-state index is -3.03. The van der Waals surface area contributed by atoms with E-state index in [1.807, 2.05) is 0 Å². The summed E-state index contributed by atoms with van der Waals surface area (Å²) in [5.74, 6) is -0.0593. The van der Waals surface area contributed by atoms with Crippen LogP contribution < -0.4 is 5.32 Å². The Bertz CT molecular complexity index is 1040. The number of Topliss-reactive ketones (excluding diaryl/α,β-unsaturated/α-hetero) is 1. The quantitative estimate of drug-likeness (QED) is 0.794. The lowest BCUT2D eigenvalue weighted by molar-refractivity contribution is 0.101. The second-order valence-electron chi connectivity index (χ2n) is 7.57. The molecule has 0 radical (unpaired) electrons. The van der Waals surface area contributed by atoms with Crippen molar-refractivity contribution in [1.29, 1.82) is 0 Å². The number of hydrogen-bond donors (Lipinski definition) is 1. The highest BCUT2D eigenvalue weighted by Crippen LogP contribution is 2.31. The zero-order chi connectivity index (χ0) is 19.9. The van der Waals surface area contributed by atoms with Crippen LogP contribution in [-0.2, 0) is 22.7 Å². The van der Waals surface area contributed by atoms with Gasteiger partial charge in [-0.1, -0.05) is 0 Å². The van der Waals surface area contributed by atoms with Gasteiger partial charge in [0.1, 0.15) is 0 Å². The maximum absolute atomic E-state index is 12.9. The number of aromatic nitrogens is 2. The molecule has 1 aromatic carbocycles. The van der Waals surface area contributed by atoms with Gasteiger partial charge in [-0.3, -0.25) is 14.3 Å². The number of anilines is 1. The van der Waals surface area contributed by atoms with E-state index in [0.717, 1.165) is 36.9 Å². The fourth-order valence-electron chi connectivity index (χ4n) is 4.06. The van der Waals surface area contributed by atoms with E-state index in [1.54, 1.807) is 28.9 Å². The Hall–Kier alpha value is -2.48. The van der Waals surface area contributed by atoms with Gasteiger partial charge in [0.15, 0.2) is 21.3 Å². The fraction of sp³-hybridized carbons (Fsp3) is 0.450. The van der Waals surface area contributed by atoms with Gasteiger partial charge in [0, 0.05) is 22.5 Å². The maximum atomic E-state index is 12.9. The first-order valence-corrected chi connectivity index (χ1v) is 11.4. The SMILES string of the molecule is CC(=O)c1ccc(NC(=O)c2nn([C@@H]3CCS(=O)(=O)C3)c3c2CCCC3)cc1. The van der Waals surface area contributed by atoms with Gasteiger partial charge in [-0.2, -0.15) is 5.10 Å². The molecule has 4 rings (SSSR count). The summed E-state index contributed by atoms with van der Waals surface area (Å²) in [6.45, 7) is 1.50. The van der Waals surface area contributed by atoms with Crippen LogP contribution in [0.25, 0.3) is 0 Å². The van der Waals surface area contributed by atoms with Crippen LogP contribution in [0.5, 0.6) is 0 Å². The Labute approximate surface area is 164 Å². The highest BCUT2D eigenvalue weighted by Gasteiger charge is 2.34. The molecule has 2 aromatic rings. The number of carbonyl (C=O) groups is 2. The topological polar surface area (TPSA) is 98.1 Å². The molecule has 1 amide bonds. The predicted molar refractivity (Wildman–Crippen MR) is 106 cm³/mol. The van der Waals surface area contributed by atoms with Gasteiger partial charge in [0.2, 0.25) is 0 Å². The van der Waals surface area contributed by atoms with Gasteiger partial charge in [-0.25, -0.2) is 8.42 Å². The first-order valence-electron chi connectivity index (χ1n) is 9.57. The minimum absolute atomic E-state index is 0.0304. The van der Waals surface area contributed by atoms with Crippen LogP contribution >= 0.6 is 0 Å². The number of ketones is 1. The third-order valence-electron chi connectivity index (χ3n) is 5.53. The van der Waals surface area contributed by atoms with Gasteiger partial charge in [-0.15, -0.1) is 0 Å². The molecular formula is C20H23N3O4S. The molecule has 28 heavy (non-hydrogen) atoms. The van der Waals surface area contributed by atoms with Gasteiger partial charge < -0.3 is 5.32 Å². The van der Waals surface area contributed by atoms with E-state index in [1.165, 1.54) is 6.92 Å². The Balaban J connectivity index is 1.62. The fourth-order valence-corrected chi connectivity index (χ4v) is 5.75. The number of nitrogens with zero attached hydrogens (tertiary/aromatic N) is 2. The summed E-state index contributed by atoms with van der Waals surface area (Å²) in [6.07, 6.45) is 4.16. The number of nitrogens with one attached hydrogen (secondary N) is 1. The second kappa shape index (κ2) is 7.16. The van der Waals surface area contributed by atoms with Crippen LogP contribution in [0.3, 0.4) is 0 Å². The van der Waals surface area contributed by atoms with Gasteiger partial charge in [0.05, 0.1) is 17.5 Å². The third-order valence-corrected chi connectivity index (χ3v) is 7.28. The monoisotopic (exact) mass is 401 g/mol. The van der Waals surface area contributed by atoms with Crippen molar-refractivity contribution in [2.75, 3.05) is 16.8 Å². The Morgan fingerprint density at radius 2 is 1.86 bits per heavy atom. The molecule has 0 saturated carbocycles. The number of fused-ring (bicyclic) bond motifs is 1. The predicted octanol–water partition coefficient (Wildman–Crippen LogP) is 2.58. The van der Waals surface area contributed by atoms with E-state index in [-0.39, 0.29) is 29.2 Å². The zero-order valence-electron chi connectivity index (χ0n) is 15.8. The van der Waals surface area contributed by atoms with Crippen molar-refractivity contribution < 1.29 is 18.0 Å². The molecule has 1 atom stereocenters. The number of sulfone groups is 1. The van der Waals surface area contributed by atoms with Crippen molar-refractivity contribution >= 4 is 27.2 Å². The lowest BCUT2D eigenvalue weighted by Gasteiger charge is -2.17. The van der Waals surface area contributed by atoms with Gasteiger partial charge >= 0.3 is 0 Å². The van der Waals surface area contributed by atoms with Crippen LogP contribution in [0.1, 0.15) is 64.3 Å². The zero-order valence-corrected chi connectivity index (χ0v) is 16.6. The van der Waals surface area contributed by atoms with Crippen molar-refractivity contribution in [2.45, 2.75) is 45.1 Å². The average Bonchev–Trinajstić information content (AvgIpc) is 3.22. The highest BCUT2D eigenvalue weighted by molar-refractivity contribution is 7.91. The Morgan fingerprint density at radius 1 is 1.14 bits per heavy atom. The molecular weight excluding hydrogens is 378 g/mol. The second-order valence-corrected chi connectivity index (χ2v) is 9.80. The molecule has 148 valence electrons. The Kier molecular flexibility index (Phi) is 4.82. The number of benzene rings is 1. The largest absolute Gasteiger partial charge is 0.321 e. The average molecular weight is 401 g/mol. The standard InChI is InChI=1S/C20H23N3O4S/c1-13(24)14-6-8-15(9-7-14)21-20(25)19-17-4-2-3-5-18(17)23(22-19)16-10-11-28(26,27)12-16/h6-9,16H,2-5,10-12H2,1H3,(H,21,25)/t16-/m1/s1. The first kappa shape index (κ1) is 18.9. The first-order chi connectivity index (χ1) is 13.3. The van der Waals surface area contributed by atoms with Crippen molar-refractivity contribution in [3.8, 4) is 0 Å². The smallest absolute Gasteiger partial charge is 0.276 e. The minimum Gasteiger partial charge on any atom is -0.321 e. The maximum Gasteiger partial charge on any atom is 0.276 e. The molecule has 1 aliphatic carbocycles. The molecule has 1 aliphatic heterocycles. The molecule has 1 N–H and O–H groups in total. The molecule has 0 bridgehead atoms. The molecule has 1 fully saturated rings. The summed E-state index contributed by atoms with van der Waals surface area (Å²) in [5, 5.41) is 7.42. The van der Waals surface area contributed by atoms with Crippen LogP contribution in [0.2, 0.25) is 0 Å². The summed E-state index contributed by atoms with van der Waals surface area (Å²) in [4.78, 5) is 24.3. The molecule has 2 heterocycles. The lowest BCUT2D eigenvalue weighted by atomic mass is 9.95. The summed E-state index contributed by atoms with van der Waals surface area (Å²) in [6, 6.07) is 6.56. The van der Waals surface area contributed by atoms with E-state index >= 15 is 0 Å². The van der Waals surface area contributed by atoms with Crippen molar-refractivity contribution in [3.05, 3.63) is 46.8 Å². The van der Waals surface area contributed by atoms with Gasteiger partial charge in [-0.05, 0) is 63.3 Å². The normalized spacial score (nSPS) is 20.5. The molecule has 2 aliphatic rings. The number of rotatable bonds is 4. The molecule has 1 saturated heterocycles. The van der Waals surface area contributed by atoms with E-state index in [2.05, 4.69) is 10.4 Å². The van der Waals surface area contributed by atoms with E-state index in [9.17, 15) is 18.0 Å². The third kappa shape index (κ3) is 3.61. The Morgan fingerprint density at radius 3 is 2.50 bits per heavy atom. The lowest BCUT2D eigenvalue weighted by Crippen LogP contribution is -2.17. The highest BCUT2D eigenvalue weighted by atomic mass is 32.2. The van der Waals surface area contributed by atoms with Crippen molar-refractivity contribution in [3.63, 3.8) is 0 Å². The van der Waals surface area contributed by atoms with E-state index in [0.29, 0.717) is 23.4 Å². The number of hydrogen-bond acceptors (Lipinski definition) is 5. The van der Waals surface area contributed by atoms with E-state index < -0.39 is 9.84 Å². The summed E-state index contributed by atoms with van der Waals surface area (Å²) in [7, 11) is -3.03. The van der Waals surface area contributed by atoms with Crippen LogP contribution in [0, 0.1) is 0 Å². The van der Waals surface area contributed by atoms with Gasteiger partial charge in [0.25, 0.3) is 5.91 Å². The molecule has 7 nitrogen and oxygen atoms in total. The van der Waals surface area contributed by atoms with Crippen molar-refractivity contribution in [2.24, 2.45) is 0 Å². The molecule has 0 unspecified atom stereocenters. The summed E-state index contributed by atoms with van der Waals surface area (Å²) >= 11 is 0. The summed E-state index contributed by atoms with van der Waals surface area (Å²) in [5.41, 5.74) is 3.51. The molecule has 1 aromatic heterocycles. The molecule has 8 heteroatoms. The van der Waals surface area contributed by atoms with Crippen LogP contribution in [0.4, 0.5) is 5.69 Å². The molecule has 0 spiro atoms. The van der Waals surface area contributed by atoms with Crippen LogP contribution in [0.15, 0.2) is 24.3 Å². The van der Waals surface area contributed by atoms with Crippen LogP contribution in [-0.4, -0.2) is 41.4 Å².